The van der Waals surface area contributed by atoms with E-state index in [9.17, 15) is 4.79 Å². The van der Waals surface area contributed by atoms with Gasteiger partial charge in [0.2, 0.25) is 0 Å². The van der Waals surface area contributed by atoms with E-state index in [1.54, 1.807) is 19.2 Å². The molecule has 2 rings (SSSR count). The molecular weight excluding hydrogens is 302 g/mol. The number of benzene rings is 1. The Labute approximate surface area is 135 Å². The van der Waals surface area contributed by atoms with Gasteiger partial charge in [-0.25, -0.2) is 0 Å². The molecule has 22 heavy (non-hydrogen) atoms. The summed E-state index contributed by atoms with van der Waals surface area (Å²) in [6.07, 6.45) is 2.22. The number of amides is 1. The Balaban J connectivity index is 1.57. The highest BCUT2D eigenvalue weighted by molar-refractivity contribution is 7.99. The molecule has 1 aliphatic rings. The quantitative estimate of drug-likeness (QED) is 0.742. The van der Waals surface area contributed by atoms with E-state index in [0.717, 1.165) is 31.8 Å². The summed E-state index contributed by atoms with van der Waals surface area (Å²) < 4.78 is 15.9. The second-order valence-corrected chi connectivity index (χ2v) is 6.41. The molecule has 0 bridgehead atoms. The summed E-state index contributed by atoms with van der Waals surface area (Å²) in [7, 11) is 1.60. The number of thioether (sulfide) groups is 1. The van der Waals surface area contributed by atoms with Crippen LogP contribution < -0.4 is 14.8 Å². The van der Waals surface area contributed by atoms with Gasteiger partial charge in [-0.2, -0.15) is 11.8 Å². The van der Waals surface area contributed by atoms with Crippen molar-refractivity contribution < 1.29 is 19.0 Å². The molecule has 0 saturated carbocycles. The molecule has 0 atom stereocenters. The van der Waals surface area contributed by atoms with E-state index >= 15 is 0 Å². The van der Waals surface area contributed by atoms with Gasteiger partial charge in [-0.3, -0.25) is 4.79 Å². The minimum Gasteiger partial charge on any atom is -0.497 e. The van der Waals surface area contributed by atoms with Crippen LogP contribution >= 0.6 is 11.8 Å². The maximum Gasteiger partial charge on any atom is 0.257 e. The maximum atomic E-state index is 11.7. The second kappa shape index (κ2) is 9.58. The van der Waals surface area contributed by atoms with Crippen molar-refractivity contribution in [2.24, 2.45) is 0 Å². The summed E-state index contributed by atoms with van der Waals surface area (Å²) in [6.45, 7) is 2.41. The molecule has 5 nitrogen and oxygen atoms in total. The molecule has 1 heterocycles. The monoisotopic (exact) mass is 325 g/mol. The van der Waals surface area contributed by atoms with E-state index in [4.69, 9.17) is 14.2 Å². The molecule has 0 unspecified atom stereocenters. The fraction of sp³-hybridized carbons (Fsp3) is 0.562. The number of methoxy groups -OCH3 is 1. The summed E-state index contributed by atoms with van der Waals surface area (Å²) in [4.78, 5) is 11.7. The lowest BCUT2D eigenvalue weighted by molar-refractivity contribution is -0.122. The Morgan fingerprint density at radius 3 is 2.91 bits per heavy atom. The van der Waals surface area contributed by atoms with E-state index < -0.39 is 0 Å². The van der Waals surface area contributed by atoms with Crippen molar-refractivity contribution in [2.75, 3.05) is 39.2 Å². The smallest absolute Gasteiger partial charge is 0.257 e. The standard InChI is InChI=1S/C16H23NO4S/c1-19-13-3-2-4-14(11-13)21-12-16(18)17-7-10-22-15-5-8-20-9-6-15/h2-4,11,15H,5-10,12H2,1H3,(H,17,18). The van der Waals surface area contributed by atoms with Gasteiger partial charge in [0.05, 0.1) is 7.11 Å². The Kier molecular flexibility index (Phi) is 7.39. The maximum absolute atomic E-state index is 11.7. The Morgan fingerprint density at radius 2 is 2.14 bits per heavy atom. The van der Waals surface area contributed by atoms with Crippen molar-refractivity contribution in [3.63, 3.8) is 0 Å². The zero-order valence-electron chi connectivity index (χ0n) is 12.9. The van der Waals surface area contributed by atoms with E-state index in [0.29, 0.717) is 23.3 Å². The molecule has 1 aromatic carbocycles. The fourth-order valence-corrected chi connectivity index (χ4v) is 3.23. The third kappa shape index (κ3) is 6.15. The van der Waals surface area contributed by atoms with Crippen molar-refractivity contribution in [3.8, 4) is 11.5 Å². The average Bonchev–Trinajstić information content (AvgIpc) is 2.58. The van der Waals surface area contributed by atoms with Crippen molar-refractivity contribution in [2.45, 2.75) is 18.1 Å². The molecule has 0 radical (unpaired) electrons. The molecule has 122 valence electrons. The van der Waals surface area contributed by atoms with Crippen LogP contribution in [0, 0.1) is 0 Å². The molecule has 1 aromatic rings. The zero-order valence-corrected chi connectivity index (χ0v) is 13.7. The Hall–Kier alpha value is -1.40. The largest absolute Gasteiger partial charge is 0.497 e. The molecule has 1 aliphatic heterocycles. The SMILES string of the molecule is COc1cccc(OCC(=O)NCCSC2CCOCC2)c1. The Bertz CT molecular complexity index is 463. The van der Waals surface area contributed by atoms with Gasteiger partial charge < -0.3 is 19.5 Å². The predicted molar refractivity (Wildman–Crippen MR) is 87.8 cm³/mol. The molecule has 1 saturated heterocycles. The molecule has 0 aliphatic carbocycles. The summed E-state index contributed by atoms with van der Waals surface area (Å²) in [5, 5.41) is 3.54. The number of carbonyl (C=O) groups is 1. The summed E-state index contributed by atoms with van der Waals surface area (Å²) in [6, 6.07) is 7.22. The molecule has 1 N–H and O–H groups in total. The van der Waals surface area contributed by atoms with Crippen LogP contribution in [0.5, 0.6) is 11.5 Å². The number of carbonyl (C=O) groups excluding carboxylic acids is 1. The first-order chi connectivity index (χ1) is 10.8. The topological polar surface area (TPSA) is 56.8 Å². The third-order valence-corrected chi connectivity index (χ3v) is 4.74. The Morgan fingerprint density at radius 1 is 1.36 bits per heavy atom. The highest BCUT2D eigenvalue weighted by Gasteiger charge is 2.13. The van der Waals surface area contributed by atoms with Gasteiger partial charge in [-0.15, -0.1) is 0 Å². The van der Waals surface area contributed by atoms with Crippen LogP contribution in [0.4, 0.5) is 0 Å². The van der Waals surface area contributed by atoms with Crippen molar-refractivity contribution >= 4 is 17.7 Å². The molecular formula is C16H23NO4S. The summed E-state index contributed by atoms with van der Waals surface area (Å²) in [5.41, 5.74) is 0. The summed E-state index contributed by atoms with van der Waals surface area (Å²) in [5.74, 6) is 2.17. The number of rotatable bonds is 8. The second-order valence-electron chi connectivity index (χ2n) is 5.00. The van der Waals surface area contributed by atoms with Crippen LogP contribution in [0.25, 0.3) is 0 Å². The van der Waals surface area contributed by atoms with Crippen molar-refractivity contribution in [3.05, 3.63) is 24.3 Å². The highest BCUT2D eigenvalue weighted by Crippen LogP contribution is 2.21. The van der Waals surface area contributed by atoms with Gasteiger partial charge in [-0.1, -0.05) is 6.07 Å². The number of hydrogen-bond donors (Lipinski definition) is 1. The summed E-state index contributed by atoms with van der Waals surface area (Å²) >= 11 is 1.91. The van der Waals surface area contributed by atoms with Gasteiger partial charge in [-0.05, 0) is 25.0 Å². The zero-order chi connectivity index (χ0) is 15.6. The van der Waals surface area contributed by atoms with Gasteiger partial charge in [0.25, 0.3) is 5.91 Å². The third-order valence-electron chi connectivity index (χ3n) is 3.36. The minimum absolute atomic E-state index is 0.0229. The fourth-order valence-electron chi connectivity index (χ4n) is 2.15. The highest BCUT2D eigenvalue weighted by atomic mass is 32.2. The molecule has 6 heteroatoms. The number of hydrogen-bond acceptors (Lipinski definition) is 5. The molecule has 1 fully saturated rings. The van der Waals surface area contributed by atoms with Crippen LogP contribution in [0.1, 0.15) is 12.8 Å². The predicted octanol–water partition coefficient (Wildman–Crippen LogP) is 2.10. The first-order valence-corrected chi connectivity index (χ1v) is 8.55. The van der Waals surface area contributed by atoms with Crippen molar-refractivity contribution in [1.29, 1.82) is 0 Å². The first kappa shape index (κ1) is 17.0. The first-order valence-electron chi connectivity index (χ1n) is 7.51. The van der Waals surface area contributed by atoms with E-state index in [1.807, 2.05) is 23.9 Å². The van der Waals surface area contributed by atoms with Crippen LogP contribution in [0.15, 0.2) is 24.3 Å². The van der Waals surface area contributed by atoms with Crippen LogP contribution in [-0.2, 0) is 9.53 Å². The lowest BCUT2D eigenvalue weighted by atomic mass is 10.2. The average molecular weight is 325 g/mol. The molecule has 0 aromatic heterocycles. The van der Waals surface area contributed by atoms with E-state index in [1.165, 1.54) is 0 Å². The van der Waals surface area contributed by atoms with Gasteiger partial charge in [0.1, 0.15) is 11.5 Å². The van der Waals surface area contributed by atoms with Crippen LogP contribution in [0.2, 0.25) is 0 Å². The van der Waals surface area contributed by atoms with Gasteiger partial charge in [0.15, 0.2) is 6.61 Å². The minimum atomic E-state index is -0.101. The van der Waals surface area contributed by atoms with E-state index in [-0.39, 0.29) is 12.5 Å². The van der Waals surface area contributed by atoms with Crippen molar-refractivity contribution in [1.82, 2.24) is 5.32 Å². The van der Waals surface area contributed by atoms with Gasteiger partial charge >= 0.3 is 0 Å². The number of ether oxygens (including phenoxy) is 3. The number of nitrogens with one attached hydrogen (secondary N) is 1. The lowest BCUT2D eigenvalue weighted by Gasteiger charge is -2.21. The van der Waals surface area contributed by atoms with Gasteiger partial charge in [0, 0.05) is 36.8 Å². The van der Waals surface area contributed by atoms with Crippen LogP contribution in [0.3, 0.4) is 0 Å². The normalized spacial score (nSPS) is 15.3. The van der Waals surface area contributed by atoms with Crippen LogP contribution in [-0.4, -0.2) is 50.4 Å². The lowest BCUT2D eigenvalue weighted by Crippen LogP contribution is -2.31. The molecule has 0 spiro atoms. The molecule has 1 amide bonds. The van der Waals surface area contributed by atoms with E-state index in [2.05, 4.69) is 5.32 Å².